The van der Waals surface area contributed by atoms with Crippen LogP contribution in [0.25, 0.3) is 0 Å². The van der Waals surface area contributed by atoms with Gasteiger partial charge in [0.25, 0.3) is 0 Å². The van der Waals surface area contributed by atoms with Crippen LogP contribution in [0.2, 0.25) is 0 Å². The van der Waals surface area contributed by atoms with E-state index >= 15 is 0 Å². The average Bonchev–Trinajstić information content (AvgIpc) is 2.59. The van der Waals surface area contributed by atoms with Gasteiger partial charge in [-0.3, -0.25) is 0 Å². The first-order chi connectivity index (χ1) is 10.4. The number of rotatable bonds is 3. The summed E-state index contributed by atoms with van der Waals surface area (Å²) in [5.74, 6) is 2.81. The van der Waals surface area contributed by atoms with Gasteiger partial charge in [-0.05, 0) is 16.7 Å². The fraction of sp³-hybridized carbons (Fsp3) is 0.0476. The molecule has 3 aromatic carbocycles. The van der Waals surface area contributed by atoms with Crippen LogP contribution in [-0.2, 0) is 5.41 Å². The molecule has 108 valence electrons. The molecular weight excluding hydrogens is 419 g/mol. The molecule has 0 aliphatic carbocycles. The molecule has 0 nitrogen and oxygen atoms in total. The molecule has 0 bridgehead atoms. The normalized spacial score (nSPS) is 9.87. The number of halogens is 1. The van der Waals surface area contributed by atoms with Gasteiger partial charge in [0.05, 0.1) is 5.41 Å². The predicted octanol–water partition coefficient (Wildman–Crippen LogP) is 1.23. The summed E-state index contributed by atoms with van der Waals surface area (Å²) >= 11 is 0. The van der Waals surface area contributed by atoms with E-state index in [0.717, 1.165) is 16.7 Å². The third-order valence-corrected chi connectivity index (χ3v) is 3.81. The molecule has 0 unspecified atom stereocenters. The molecule has 0 spiro atoms. The minimum Gasteiger partial charge on any atom is -1.00 e. The Kier molecular flexibility index (Phi) is 8.36. The Hall–Kier alpha value is -0.790. The molecule has 0 saturated heterocycles. The van der Waals surface area contributed by atoms with Gasteiger partial charge in [-0.15, -0.1) is 0 Å². The first-order valence-corrected chi connectivity index (χ1v) is 6.98. The number of hydrogen-bond donors (Lipinski definition) is 0. The summed E-state index contributed by atoms with van der Waals surface area (Å²) in [5, 5.41) is 0. The van der Waals surface area contributed by atoms with Crippen molar-refractivity contribution in [3.8, 4) is 5.92 Å². The summed E-state index contributed by atoms with van der Waals surface area (Å²) in [6.45, 7) is 0. The Bertz CT molecular complexity index is 649. The van der Waals surface area contributed by atoms with Crippen molar-refractivity contribution >= 4 is 37.7 Å². The largest absolute Gasteiger partial charge is 2.00 e. The summed E-state index contributed by atoms with van der Waals surface area (Å²) in [6, 6.07) is 30.4. The van der Waals surface area contributed by atoms with E-state index in [1.807, 2.05) is 54.6 Å². The Balaban J connectivity index is 0.00000132. The van der Waals surface area contributed by atoms with Gasteiger partial charge in [0.1, 0.15) is 0 Å². The van der Waals surface area contributed by atoms with E-state index in [2.05, 4.69) is 42.3 Å². The quantitative estimate of drug-likeness (QED) is 0.191. The Labute approximate surface area is 185 Å². The van der Waals surface area contributed by atoms with Crippen LogP contribution in [0, 0.1) is 12.3 Å². The van der Waals surface area contributed by atoms with Crippen LogP contribution in [0.3, 0.4) is 0 Å². The molecule has 23 heavy (non-hydrogen) atoms. The van der Waals surface area contributed by atoms with E-state index in [0.29, 0.717) is 0 Å². The van der Waals surface area contributed by atoms with Crippen LogP contribution in [0.15, 0.2) is 91.0 Å². The molecule has 0 N–H and O–H groups in total. The van der Waals surface area contributed by atoms with E-state index in [4.69, 9.17) is 6.42 Å². The van der Waals surface area contributed by atoms with Crippen LogP contribution in [0.5, 0.6) is 0 Å². The molecule has 3 rings (SSSR count). The van der Waals surface area contributed by atoms with Crippen molar-refractivity contribution < 1.29 is 24.0 Å². The van der Waals surface area contributed by atoms with Gasteiger partial charge in [-0.25, -0.2) is 0 Å². The van der Waals surface area contributed by atoms with Crippen molar-refractivity contribution in [2.75, 3.05) is 0 Å². The minimum atomic E-state index is -0.663. The van der Waals surface area contributed by atoms with Crippen molar-refractivity contribution in [2.45, 2.75) is 5.41 Å². The maximum atomic E-state index is 8.07. The zero-order chi connectivity index (χ0) is 14.5. The molecule has 0 aliphatic rings. The van der Waals surface area contributed by atoms with Gasteiger partial charge in [0, 0.05) is 0 Å². The van der Waals surface area contributed by atoms with Crippen LogP contribution in [-0.4, -0.2) is 37.7 Å². The molecule has 3 aromatic rings. The molecule has 0 atom stereocenters. The maximum Gasteiger partial charge on any atom is 2.00 e. The van der Waals surface area contributed by atoms with Crippen LogP contribution in [0.4, 0.5) is 0 Å². The Morgan fingerprint density at radius 3 is 1.04 bits per heavy atom. The van der Waals surface area contributed by atoms with Gasteiger partial charge in [0.15, 0.2) is 0 Å². The monoisotopic (exact) mass is 434 g/mol. The maximum absolute atomic E-state index is 8.07. The minimum absolute atomic E-state index is 0. The first kappa shape index (κ1) is 20.3. The fourth-order valence-corrected chi connectivity index (χ4v) is 2.78. The summed E-state index contributed by atoms with van der Waals surface area (Å²) in [7, 11) is 0. The average molecular weight is 434 g/mol. The molecule has 0 amide bonds. The summed E-state index contributed by atoms with van der Waals surface area (Å²) in [4.78, 5) is 0. The third kappa shape index (κ3) is 4.00. The molecule has 2 heteroatoms. The van der Waals surface area contributed by atoms with Gasteiger partial charge in [-0.2, -0.15) is 0 Å². The molecule has 0 aromatic heterocycles. The van der Waals surface area contributed by atoms with Crippen LogP contribution in [0.1, 0.15) is 16.7 Å². The summed E-state index contributed by atoms with van der Waals surface area (Å²) < 4.78 is 0. The third-order valence-electron chi connectivity index (χ3n) is 3.81. The van der Waals surface area contributed by atoms with Gasteiger partial charge >= 0.3 is 37.7 Å². The van der Waals surface area contributed by atoms with Crippen molar-refractivity contribution in [3.63, 3.8) is 0 Å². The zero-order valence-corrected chi connectivity index (χ0v) is 17.1. The van der Waals surface area contributed by atoms with E-state index in [9.17, 15) is 0 Å². The van der Waals surface area contributed by atoms with Crippen molar-refractivity contribution in [1.82, 2.24) is 0 Å². The van der Waals surface area contributed by atoms with E-state index < -0.39 is 5.41 Å². The van der Waals surface area contributed by atoms with Gasteiger partial charge < -0.3 is 36.3 Å². The van der Waals surface area contributed by atoms with Crippen LogP contribution >= 0.6 is 0 Å². The van der Waals surface area contributed by atoms with Crippen molar-refractivity contribution in [3.05, 3.63) is 114 Å². The second-order valence-electron chi connectivity index (χ2n) is 4.97. The van der Waals surface area contributed by atoms with Gasteiger partial charge in [-0.1, -0.05) is 91.0 Å². The molecule has 0 fully saturated rings. The van der Waals surface area contributed by atoms with E-state index in [-0.39, 0.29) is 61.7 Å². The molecule has 0 heterocycles. The van der Waals surface area contributed by atoms with Crippen molar-refractivity contribution in [2.24, 2.45) is 0 Å². The zero-order valence-electron chi connectivity index (χ0n) is 12.7. The van der Waals surface area contributed by atoms with Crippen molar-refractivity contribution in [1.29, 1.82) is 0 Å². The van der Waals surface area contributed by atoms with E-state index in [1.54, 1.807) is 0 Å². The first-order valence-electron chi connectivity index (χ1n) is 6.98. The van der Waals surface area contributed by atoms with Crippen LogP contribution < -0.4 is 24.0 Å². The molecular formula is C21H15CaI. The molecule has 0 radical (unpaired) electrons. The standard InChI is InChI=1S/C21H15.Ca.HI/c1-2-21(18-12-6-3-7-13-18,19-14-8-4-9-15-19)20-16-10-5-11-17-20;;/h3-17H;;1H/q-1;+2;/p-1. The number of benzene rings is 3. The second-order valence-corrected chi connectivity index (χ2v) is 4.97. The fourth-order valence-electron chi connectivity index (χ4n) is 2.78. The Morgan fingerprint density at radius 2 is 0.826 bits per heavy atom. The van der Waals surface area contributed by atoms with Gasteiger partial charge in [0.2, 0.25) is 0 Å². The molecule has 0 aliphatic heterocycles. The topological polar surface area (TPSA) is 0 Å². The predicted molar refractivity (Wildman–Crippen MR) is 92.1 cm³/mol. The molecule has 0 saturated carbocycles. The summed E-state index contributed by atoms with van der Waals surface area (Å²) in [6.07, 6.45) is 8.07. The summed E-state index contributed by atoms with van der Waals surface area (Å²) in [5.41, 5.74) is 2.50. The second kappa shape index (κ2) is 9.49. The smallest absolute Gasteiger partial charge is 1.00 e. The SMILES string of the molecule is [C-]#CC(c1ccccc1)(c1ccccc1)c1ccccc1.[Ca+2].[I-]. The number of hydrogen-bond acceptors (Lipinski definition) is 0. The van der Waals surface area contributed by atoms with E-state index in [1.165, 1.54) is 0 Å². The Morgan fingerprint density at radius 1 is 0.565 bits per heavy atom.